The molecule has 0 amide bonds. The molecule has 2 aromatic rings. The van der Waals surface area contributed by atoms with E-state index in [1.165, 1.54) is 0 Å². The summed E-state index contributed by atoms with van der Waals surface area (Å²) >= 11 is 3.38. The highest BCUT2D eigenvalue weighted by Gasteiger charge is 1.99. The van der Waals surface area contributed by atoms with E-state index < -0.39 is 0 Å². The van der Waals surface area contributed by atoms with E-state index in [2.05, 4.69) is 15.9 Å². The number of aryl methyl sites for hydroxylation is 1. The summed E-state index contributed by atoms with van der Waals surface area (Å²) in [7, 11) is 1.92. The summed E-state index contributed by atoms with van der Waals surface area (Å²) in [6.45, 7) is 0. The Bertz CT molecular complexity index is 516. The number of hydrogen-bond donors (Lipinski definition) is 0. The Morgan fingerprint density at radius 1 is 1.31 bits per heavy atom. The number of benzene rings is 1. The number of rotatable bonds is 0. The van der Waals surface area contributed by atoms with E-state index in [0.29, 0.717) is 0 Å². The maximum Gasteiger partial charge on any atom is 0.189 e. The van der Waals surface area contributed by atoms with E-state index in [1.807, 2.05) is 29.8 Å². The second-order valence-corrected chi connectivity index (χ2v) is 3.87. The summed E-state index contributed by atoms with van der Waals surface area (Å²) in [5.41, 5.74) is 1.02. The van der Waals surface area contributed by atoms with Gasteiger partial charge in [0.2, 0.25) is 0 Å². The fourth-order valence-electron chi connectivity index (χ4n) is 1.35. The zero-order valence-corrected chi connectivity index (χ0v) is 8.71. The molecule has 1 aromatic heterocycles. The maximum atomic E-state index is 11.4. The largest absolute Gasteiger partial charge is 0.350 e. The zero-order chi connectivity index (χ0) is 9.42. The van der Waals surface area contributed by atoms with Crippen molar-refractivity contribution < 1.29 is 0 Å². The number of nitrogens with zero attached hydrogens (tertiary/aromatic N) is 1. The van der Waals surface area contributed by atoms with Crippen LogP contribution in [0.15, 0.2) is 39.7 Å². The lowest BCUT2D eigenvalue weighted by atomic mass is 10.2. The van der Waals surface area contributed by atoms with Gasteiger partial charge in [-0.1, -0.05) is 15.9 Å². The molecule has 13 heavy (non-hydrogen) atoms. The van der Waals surface area contributed by atoms with E-state index in [-0.39, 0.29) is 5.43 Å². The van der Waals surface area contributed by atoms with Gasteiger partial charge in [0.1, 0.15) is 0 Å². The van der Waals surface area contributed by atoms with E-state index >= 15 is 0 Å². The van der Waals surface area contributed by atoms with Gasteiger partial charge in [-0.2, -0.15) is 0 Å². The van der Waals surface area contributed by atoms with Crippen molar-refractivity contribution in [1.29, 1.82) is 0 Å². The van der Waals surface area contributed by atoms with Gasteiger partial charge in [-0.3, -0.25) is 4.79 Å². The topological polar surface area (TPSA) is 22.0 Å². The third-order valence-corrected chi connectivity index (χ3v) is 2.55. The molecule has 0 radical (unpaired) electrons. The molecule has 0 unspecified atom stereocenters. The molecule has 0 atom stereocenters. The number of aromatic nitrogens is 1. The third-order valence-electron chi connectivity index (χ3n) is 2.05. The van der Waals surface area contributed by atoms with Gasteiger partial charge in [0, 0.05) is 29.2 Å². The second kappa shape index (κ2) is 3.00. The number of fused-ring (bicyclic) bond motifs is 1. The summed E-state index contributed by atoms with van der Waals surface area (Å²) in [6, 6.07) is 7.23. The molecular weight excluding hydrogens is 230 g/mol. The second-order valence-electron chi connectivity index (χ2n) is 2.95. The van der Waals surface area contributed by atoms with Gasteiger partial charge < -0.3 is 4.57 Å². The first-order chi connectivity index (χ1) is 6.18. The van der Waals surface area contributed by atoms with Crippen LogP contribution in [0.5, 0.6) is 0 Å². The molecule has 2 nitrogen and oxygen atoms in total. The van der Waals surface area contributed by atoms with Crippen LogP contribution in [-0.2, 0) is 7.05 Å². The highest BCUT2D eigenvalue weighted by molar-refractivity contribution is 9.10. The molecule has 1 heterocycles. The predicted molar refractivity (Wildman–Crippen MR) is 56.9 cm³/mol. The molecule has 1 aromatic carbocycles. The molecule has 0 saturated carbocycles. The SMILES string of the molecule is Cn1ccc(=O)c2ccc(Br)cc21. The average molecular weight is 238 g/mol. The summed E-state index contributed by atoms with van der Waals surface area (Å²) in [4.78, 5) is 11.4. The van der Waals surface area contributed by atoms with Crippen LogP contribution >= 0.6 is 15.9 Å². The summed E-state index contributed by atoms with van der Waals surface area (Å²) < 4.78 is 2.92. The first-order valence-electron chi connectivity index (χ1n) is 3.93. The number of hydrogen-bond acceptors (Lipinski definition) is 1. The molecule has 0 aliphatic rings. The Labute approximate surface area is 83.9 Å². The van der Waals surface area contributed by atoms with Crippen molar-refractivity contribution >= 4 is 26.8 Å². The van der Waals surface area contributed by atoms with Gasteiger partial charge in [0.15, 0.2) is 5.43 Å². The number of pyridine rings is 1. The molecule has 0 aliphatic carbocycles. The Balaban J connectivity index is 3.01. The van der Waals surface area contributed by atoms with Gasteiger partial charge in [-0.05, 0) is 18.2 Å². The first-order valence-corrected chi connectivity index (χ1v) is 4.73. The molecular formula is C10H8BrNO. The third kappa shape index (κ3) is 1.40. The minimum absolute atomic E-state index is 0.0700. The first kappa shape index (κ1) is 8.51. The van der Waals surface area contributed by atoms with Gasteiger partial charge in [-0.25, -0.2) is 0 Å². The van der Waals surface area contributed by atoms with Crippen LogP contribution in [0.4, 0.5) is 0 Å². The lowest BCUT2D eigenvalue weighted by molar-refractivity contribution is 0.950. The fourth-order valence-corrected chi connectivity index (χ4v) is 1.70. The smallest absolute Gasteiger partial charge is 0.189 e. The normalized spacial score (nSPS) is 10.6. The Morgan fingerprint density at radius 3 is 2.85 bits per heavy atom. The van der Waals surface area contributed by atoms with Crippen LogP contribution in [0.25, 0.3) is 10.9 Å². The van der Waals surface area contributed by atoms with Gasteiger partial charge >= 0.3 is 0 Å². The lowest BCUT2D eigenvalue weighted by Gasteiger charge is -2.03. The number of halogens is 1. The summed E-state index contributed by atoms with van der Waals surface area (Å²) in [6.07, 6.45) is 1.77. The van der Waals surface area contributed by atoms with E-state index in [1.54, 1.807) is 12.3 Å². The van der Waals surface area contributed by atoms with E-state index in [0.717, 1.165) is 15.4 Å². The molecule has 0 N–H and O–H groups in total. The van der Waals surface area contributed by atoms with Crippen molar-refractivity contribution in [3.8, 4) is 0 Å². The van der Waals surface area contributed by atoms with Gasteiger partial charge in [0.25, 0.3) is 0 Å². The van der Waals surface area contributed by atoms with Crippen molar-refractivity contribution in [2.24, 2.45) is 7.05 Å². The standard InChI is InChI=1S/C10H8BrNO/c1-12-5-4-10(13)8-3-2-7(11)6-9(8)12/h2-6H,1H3. The summed E-state index contributed by atoms with van der Waals surface area (Å²) in [5, 5.41) is 0.758. The van der Waals surface area contributed by atoms with E-state index in [9.17, 15) is 4.79 Å². The molecule has 2 rings (SSSR count). The van der Waals surface area contributed by atoms with Gasteiger partial charge in [-0.15, -0.1) is 0 Å². The minimum Gasteiger partial charge on any atom is -0.350 e. The van der Waals surface area contributed by atoms with Crippen molar-refractivity contribution in [3.05, 3.63) is 45.2 Å². The zero-order valence-electron chi connectivity index (χ0n) is 7.12. The molecule has 66 valence electrons. The molecule has 0 spiro atoms. The van der Waals surface area contributed by atoms with Crippen LogP contribution in [0.1, 0.15) is 0 Å². The van der Waals surface area contributed by atoms with E-state index in [4.69, 9.17) is 0 Å². The monoisotopic (exact) mass is 237 g/mol. The predicted octanol–water partition coefficient (Wildman–Crippen LogP) is 2.30. The highest BCUT2D eigenvalue weighted by Crippen LogP contribution is 2.16. The Kier molecular flexibility index (Phi) is 1.96. The van der Waals surface area contributed by atoms with Crippen molar-refractivity contribution in [3.63, 3.8) is 0 Å². The highest BCUT2D eigenvalue weighted by atomic mass is 79.9. The minimum atomic E-state index is 0.0700. The molecule has 3 heteroatoms. The molecule has 0 aliphatic heterocycles. The van der Waals surface area contributed by atoms with Crippen LogP contribution in [0.3, 0.4) is 0 Å². The van der Waals surface area contributed by atoms with Crippen LogP contribution in [0.2, 0.25) is 0 Å². The maximum absolute atomic E-state index is 11.4. The van der Waals surface area contributed by atoms with Crippen molar-refractivity contribution in [2.45, 2.75) is 0 Å². The molecule has 0 fully saturated rings. The van der Waals surface area contributed by atoms with Crippen LogP contribution < -0.4 is 5.43 Å². The van der Waals surface area contributed by atoms with Crippen LogP contribution in [-0.4, -0.2) is 4.57 Å². The van der Waals surface area contributed by atoms with Crippen LogP contribution in [0, 0.1) is 0 Å². The molecule has 0 saturated heterocycles. The fraction of sp³-hybridized carbons (Fsp3) is 0.100. The molecule has 0 bridgehead atoms. The Morgan fingerprint density at radius 2 is 2.08 bits per heavy atom. The van der Waals surface area contributed by atoms with Crippen molar-refractivity contribution in [2.75, 3.05) is 0 Å². The summed E-state index contributed by atoms with van der Waals surface area (Å²) in [5.74, 6) is 0. The lowest BCUT2D eigenvalue weighted by Crippen LogP contribution is -2.04. The van der Waals surface area contributed by atoms with Gasteiger partial charge in [0.05, 0.1) is 5.52 Å². The Hall–Kier alpha value is -1.09. The van der Waals surface area contributed by atoms with Crippen molar-refractivity contribution in [1.82, 2.24) is 4.57 Å². The quantitative estimate of drug-likeness (QED) is 0.690. The average Bonchev–Trinajstić information content (AvgIpc) is 2.12.